The van der Waals surface area contributed by atoms with Crippen molar-refractivity contribution in [3.8, 4) is 0 Å². The summed E-state index contributed by atoms with van der Waals surface area (Å²) in [6, 6.07) is 4.00. The maximum atomic E-state index is 11.2. The van der Waals surface area contributed by atoms with Gasteiger partial charge in [-0.3, -0.25) is 4.79 Å². The van der Waals surface area contributed by atoms with Crippen molar-refractivity contribution in [3.05, 3.63) is 24.0 Å². The zero-order valence-electron chi connectivity index (χ0n) is 9.98. The number of nitrogens with one attached hydrogen (secondary N) is 1. The van der Waals surface area contributed by atoms with E-state index in [1.165, 1.54) is 5.69 Å². The predicted molar refractivity (Wildman–Crippen MR) is 62.9 cm³/mol. The molecule has 0 aliphatic carbocycles. The average molecular weight is 238 g/mol. The minimum atomic E-state index is -0.754. The first kappa shape index (κ1) is 12.1. The van der Waals surface area contributed by atoms with Crippen LogP contribution in [0.15, 0.2) is 18.3 Å². The fraction of sp³-hybridized carbons (Fsp3) is 0.583. The molecule has 0 bridgehead atoms. The van der Waals surface area contributed by atoms with Gasteiger partial charge in [0.2, 0.25) is 0 Å². The van der Waals surface area contributed by atoms with E-state index in [1.807, 2.05) is 25.4 Å². The number of H-pyrrole nitrogens is 1. The molecule has 0 amide bonds. The Morgan fingerprint density at radius 1 is 1.65 bits per heavy atom. The maximum Gasteiger partial charge on any atom is 0.315 e. The van der Waals surface area contributed by atoms with Crippen molar-refractivity contribution in [1.82, 2.24) is 9.88 Å². The fourth-order valence-electron chi connectivity index (χ4n) is 2.06. The SMILES string of the molecule is CN(CCc1ccc[nH]1)CC1(C(=O)O)COC1. The Bertz CT molecular complexity index is 371. The lowest BCUT2D eigenvalue weighted by molar-refractivity contribution is -0.182. The number of rotatable bonds is 6. The summed E-state index contributed by atoms with van der Waals surface area (Å²) in [5.74, 6) is -0.754. The molecule has 0 unspecified atom stereocenters. The molecule has 1 fully saturated rings. The third-order valence-electron chi connectivity index (χ3n) is 3.21. The van der Waals surface area contributed by atoms with Crippen LogP contribution in [0.1, 0.15) is 5.69 Å². The molecule has 0 radical (unpaired) electrons. The van der Waals surface area contributed by atoms with Gasteiger partial charge in [0.15, 0.2) is 0 Å². The summed E-state index contributed by atoms with van der Waals surface area (Å²) < 4.78 is 5.04. The summed E-state index contributed by atoms with van der Waals surface area (Å²) in [5.41, 5.74) is 0.482. The van der Waals surface area contributed by atoms with E-state index < -0.39 is 11.4 Å². The molecule has 1 aromatic rings. The Balaban J connectivity index is 1.80. The van der Waals surface area contributed by atoms with Crippen LogP contribution in [-0.2, 0) is 16.0 Å². The molecule has 1 aliphatic heterocycles. The van der Waals surface area contributed by atoms with Crippen molar-refractivity contribution in [2.24, 2.45) is 5.41 Å². The first-order valence-corrected chi connectivity index (χ1v) is 5.74. The lowest BCUT2D eigenvalue weighted by Gasteiger charge is -2.40. The first-order chi connectivity index (χ1) is 8.12. The Morgan fingerprint density at radius 3 is 2.88 bits per heavy atom. The van der Waals surface area contributed by atoms with Gasteiger partial charge in [0.1, 0.15) is 5.41 Å². The standard InChI is InChI=1S/C12H18N2O3/c1-14(6-4-10-3-2-5-13-10)7-12(11(15)16)8-17-9-12/h2-3,5,13H,4,6-9H2,1H3,(H,15,16). The van der Waals surface area contributed by atoms with Crippen molar-refractivity contribution in [3.63, 3.8) is 0 Å². The predicted octanol–water partition coefficient (Wildman–Crippen LogP) is 0.590. The second-order valence-electron chi connectivity index (χ2n) is 4.76. The number of carbonyl (C=O) groups is 1. The summed E-state index contributed by atoms with van der Waals surface area (Å²) in [4.78, 5) is 16.4. The Hall–Kier alpha value is -1.33. The Morgan fingerprint density at radius 2 is 2.41 bits per heavy atom. The molecule has 1 aromatic heterocycles. The molecule has 1 aliphatic rings. The normalized spacial score (nSPS) is 18.0. The van der Waals surface area contributed by atoms with Crippen molar-refractivity contribution in [2.45, 2.75) is 6.42 Å². The van der Waals surface area contributed by atoms with Crippen LogP contribution in [0.25, 0.3) is 0 Å². The second kappa shape index (κ2) is 4.89. The number of aromatic amines is 1. The number of nitrogens with zero attached hydrogens (tertiary/aromatic N) is 1. The van der Waals surface area contributed by atoms with Crippen LogP contribution in [0.3, 0.4) is 0 Å². The molecule has 94 valence electrons. The fourth-order valence-corrected chi connectivity index (χ4v) is 2.06. The molecular weight excluding hydrogens is 220 g/mol. The molecular formula is C12H18N2O3. The number of carboxylic acid groups (broad SMARTS) is 1. The Labute approximate surface area is 100 Å². The molecule has 2 rings (SSSR count). The second-order valence-corrected chi connectivity index (χ2v) is 4.76. The minimum absolute atomic E-state index is 0.329. The lowest BCUT2D eigenvalue weighted by Crippen LogP contribution is -2.55. The van der Waals surface area contributed by atoms with Gasteiger partial charge in [-0.2, -0.15) is 0 Å². The van der Waals surface area contributed by atoms with Crippen LogP contribution in [0.5, 0.6) is 0 Å². The number of ether oxygens (including phenoxy) is 1. The molecule has 1 saturated heterocycles. The third-order valence-corrected chi connectivity index (χ3v) is 3.21. The van der Waals surface area contributed by atoms with E-state index in [0.29, 0.717) is 19.8 Å². The van der Waals surface area contributed by atoms with Crippen LogP contribution in [-0.4, -0.2) is 54.3 Å². The smallest absolute Gasteiger partial charge is 0.315 e. The molecule has 2 N–H and O–H groups in total. The quantitative estimate of drug-likeness (QED) is 0.761. The highest BCUT2D eigenvalue weighted by Gasteiger charge is 2.46. The minimum Gasteiger partial charge on any atom is -0.481 e. The summed E-state index contributed by atoms with van der Waals surface area (Å²) in [6.07, 6.45) is 2.80. The van der Waals surface area contributed by atoms with Crippen LogP contribution in [0.4, 0.5) is 0 Å². The highest BCUT2D eigenvalue weighted by molar-refractivity contribution is 5.76. The number of likely N-dealkylation sites (N-methyl/N-ethyl adjacent to an activating group) is 1. The lowest BCUT2D eigenvalue weighted by atomic mass is 9.85. The number of aromatic nitrogens is 1. The van der Waals surface area contributed by atoms with Gasteiger partial charge in [-0.1, -0.05) is 0 Å². The topological polar surface area (TPSA) is 65.6 Å². The highest BCUT2D eigenvalue weighted by Crippen LogP contribution is 2.28. The van der Waals surface area contributed by atoms with Crippen LogP contribution in [0, 0.1) is 5.41 Å². The number of hydrogen-bond acceptors (Lipinski definition) is 3. The first-order valence-electron chi connectivity index (χ1n) is 5.74. The number of aliphatic carboxylic acids is 1. The monoisotopic (exact) mass is 238 g/mol. The van der Waals surface area contributed by atoms with E-state index in [0.717, 1.165) is 13.0 Å². The molecule has 0 aromatic carbocycles. The van der Waals surface area contributed by atoms with Crippen LogP contribution >= 0.6 is 0 Å². The largest absolute Gasteiger partial charge is 0.481 e. The summed E-state index contributed by atoms with van der Waals surface area (Å²) >= 11 is 0. The van der Waals surface area contributed by atoms with Crippen LogP contribution in [0.2, 0.25) is 0 Å². The third kappa shape index (κ3) is 2.68. The molecule has 0 saturated carbocycles. The van der Waals surface area contributed by atoms with Gasteiger partial charge in [-0.25, -0.2) is 0 Å². The van der Waals surface area contributed by atoms with Gasteiger partial charge >= 0.3 is 5.97 Å². The van der Waals surface area contributed by atoms with E-state index in [2.05, 4.69) is 9.88 Å². The van der Waals surface area contributed by atoms with Gasteiger partial charge in [0, 0.05) is 31.4 Å². The molecule has 5 heteroatoms. The molecule has 5 nitrogen and oxygen atoms in total. The van der Waals surface area contributed by atoms with E-state index in [1.54, 1.807) is 0 Å². The number of carboxylic acids is 1. The summed E-state index contributed by atoms with van der Waals surface area (Å²) in [7, 11) is 1.95. The zero-order valence-corrected chi connectivity index (χ0v) is 9.98. The van der Waals surface area contributed by atoms with E-state index in [-0.39, 0.29) is 0 Å². The van der Waals surface area contributed by atoms with Gasteiger partial charge in [0.05, 0.1) is 13.2 Å². The van der Waals surface area contributed by atoms with Crippen molar-refractivity contribution >= 4 is 5.97 Å². The van der Waals surface area contributed by atoms with Gasteiger partial charge in [-0.15, -0.1) is 0 Å². The van der Waals surface area contributed by atoms with E-state index in [9.17, 15) is 9.90 Å². The zero-order chi connectivity index (χ0) is 12.3. The molecule has 2 heterocycles. The number of hydrogen-bond donors (Lipinski definition) is 2. The maximum absolute atomic E-state index is 11.2. The van der Waals surface area contributed by atoms with E-state index >= 15 is 0 Å². The van der Waals surface area contributed by atoms with E-state index in [4.69, 9.17) is 4.74 Å². The Kier molecular flexibility index (Phi) is 3.49. The highest BCUT2D eigenvalue weighted by atomic mass is 16.5. The molecule has 17 heavy (non-hydrogen) atoms. The summed E-state index contributed by atoms with van der Waals surface area (Å²) in [5, 5.41) is 9.17. The van der Waals surface area contributed by atoms with Gasteiger partial charge < -0.3 is 19.7 Å². The van der Waals surface area contributed by atoms with Crippen LogP contribution < -0.4 is 0 Å². The van der Waals surface area contributed by atoms with Gasteiger partial charge in [0.25, 0.3) is 0 Å². The van der Waals surface area contributed by atoms with Crippen molar-refractivity contribution in [2.75, 3.05) is 33.4 Å². The van der Waals surface area contributed by atoms with Crippen molar-refractivity contribution in [1.29, 1.82) is 0 Å². The van der Waals surface area contributed by atoms with Gasteiger partial charge in [-0.05, 0) is 19.2 Å². The summed E-state index contributed by atoms with van der Waals surface area (Å²) in [6.45, 7) is 2.04. The van der Waals surface area contributed by atoms with Crippen molar-refractivity contribution < 1.29 is 14.6 Å². The molecule has 0 spiro atoms. The average Bonchev–Trinajstić information content (AvgIpc) is 2.72. The molecule has 0 atom stereocenters.